The molecule has 3 amide bonds. The third kappa shape index (κ3) is 5.23. The molecular weight excluding hydrogens is 382 g/mol. The van der Waals surface area contributed by atoms with Crippen LogP contribution in [0.25, 0.3) is 0 Å². The molecule has 0 heterocycles. The number of nitrogens with one attached hydrogen (secondary N) is 3. The number of phenols is 1. The molecule has 7 nitrogen and oxygen atoms in total. The molecule has 2 rings (SSSR count). The number of hydrogen-bond acceptors (Lipinski definition) is 4. The minimum atomic E-state index is -0.875. The summed E-state index contributed by atoms with van der Waals surface area (Å²) in [6.07, 6.45) is 0. The predicted molar refractivity (Wildman–Crippen MR) is 106 cm³/mol. The molecule has 28 heavy (non-hydrogen) atoms. The maximum Gasteiger partial charge on any atom is 0.273 e. The maximum atomic E-state index is 12.5. The van der Waals surface area contributed by atoms with Crippen molar-refractivity contribution in [3.63, 3.8) is 0 Å². The molecule has 1 atom stereocenters. The first-order valence-corrected chi connectivity index (χ1v) is 9.03. The predicted octanol–water partition coefficient (Wildman–Crippen LogP) is 2.57. The summed E-state index contributed by atoms with van der Waals surface area (Å²) in [6.45, 7) is 5.34. The first-order chi connectivity index (χ1) is 13.2. The van der Waals surface area contributed by atoms with Gasteiger partial charge in [-0.05, 0) is 42.7 Å². The molecule has 0 radical (unpaired) electrons. The van der Waals surface area contributed by atoms with Gasteiger partial charge in [-0.2, -0.15) is 0 Å². The fourth-order valence-electron chi connectivity index (χ4n) is 2.54. The molecular formula is C20H22ClN3O4. The van der Waals surface area contributed by atoms with Gasteiger partial charge in [-0.15, -0.1) is 0 Å². The zero-order valence-corrected chi connectivity index (χ0v) is 16.5. The number of carbonyl (C=O) groups excluding carboxylic acids is 3. The van der Waals surface area contributed by atoms with Gasteiger partial charge in [0.15, 0.2) is 0 Å². The van der Waals surface area contributed by atoms with Crippen LogP contribution in [0.3, 0.4) is 0 Å². The number of benzene rings is 2. The smallest absolute Gasteiger partial charge is 0.273 e. The average Bonchev–Trinajstić information content (AvgIpc) is 2.65. The van der Waals surface area contributed by atoms with Gasteiger partial charge >= 0.3 is 0 Å². The molecule has 0 bridgehead atoms. The Labute approximate surface area is 168 Å². The minimum absolute atomic E-state index is 0.0853. The highest BCUT2D eigenvalue weighted by atomic mass is 35.5. The van der Waals surface area contributed by atoms with Crippen molar-refractivity contribution in [1.82, 2.24) is 16.2 Å². The van der Waals surface area contributed by atoms with E-state index in [0.717, 1.165) is 5.56 Å². The average molecular weight is 404 g/mol. The second-order valence-corrected chi connectivity index (χ2v) is 7.05. The Morgan fingerprint density at radius 1 is 0.964 bits per heavy atom. The molecule has 0 fully saturated rings. The van der Waals surface area contributed by atoms with Gasteiger partial charge in [0.05, 0.1) is 5.56 Å². The number of halogens is 1. The van der Waals surface area contributed by atoms with Crippen LogP contribution in [-0.2, 0) is 4.79 Å². The highest BCUT2D eigenvalue weighted by Gasteiger charge is 2.26. The number of rotatable bonds is 5. The van der Waals surface area contributed by atoms with Crippen molar-refractivity contribution in [1.29, 1.82) is 0 Å². The van der Waals surface area contributed by atoms with Crippen molar-refractivity contribution >= 4 is 29.3 Å². The largest absolute Gasteiger partial charge is 0.507 e. The van der Waals surface area contributed by atoms with E-state index >= 15 is 0 Å². The summed E-state index contributed by atoms with van der Waals surface area (Å²) in [5.74, 6) is -2.22. The summed E-state index contributed by atoms with van der Waals surface area (Å²) >= 11 is 5.82. The van der Waals surface area contributed by atoms with Crippen LogP contribution in [0, 0.1) is 12.8 Å². The van der Waals surface area contributed by atoms with Crippen LogP contribution >= 0.6 is 11.6 Å². The van der Waals surface area contributed by atoms with Crippen LogP contribution in [0.2, 0.25) is 5.02 Å². The number of aromatic hydroxyl groups is 1. The van der Waals surface area contributed by atoms with Crippen LogP contribution < -0.4 is 16.2 Å². The van der Waals surface area contributed by atoms with Crippen molar-refractivity contribution in [2.45, 2.75) is 26.8 Å². The fourth-order valence-corrected chi connectivity index (χ4v) is 2.71. The Bertz CT molecular complexity index is 899. The van der Waals surface area contributed by atoms with Crippen LogP contribution in [0.4, 0.5) is 0 Å². The van der Waals surface area contributed by atoms with Gasteiger partial charge in [0.1, 0.15) is 11.8 Å². The quantitative estimate of drug-likeness (QED) is 0.575. The van der Waals surface area contributed by atoms with E-state index in [1.54, 1.807) is 39.0 Å². The van der Waals surface area contributed by atoms with E-state index in [9.17, 15) is 19.5 Å². The number of hydrazine groups is 1. The summed E-state index contributed by atoms with van der Waals surface area (Å²) in [5.41, 5.74) is 5.66. The van der Waals surface area contributed by atoms with Crippen molar-refractivity contribution in [2.24, 2.45) is 5.92 Å². The lowest BCUT2D eigenvalue weighted by Crippen LogP contribution is -2.54. The molecule has 2 aromatic carbocycles. The van der Waals surface area contributed by atoms with Crippen molar-refractivity contribution in [2.75, 3.05) is 0 Å². The Kier molecular flexibility index (Phi) is 7.00. The first kappa shape index (κ1) is 21.2. The normalized spacial score (nSPS) is 11.6. The van der Waals surface area contributed by atoms with E-state index in [-0.39, 0.29) is 28.2 Å². The third-order valence-electron chi connectivity index (χ3n) is 4.13. The Balaban J connectivity index is 2.05. The zero-order chi connectivity index (χ0) is 20.8. The zero-order valence-electron chi connectivity index (χ0n) is 15.7. The van der Waals surface area contributed by atoms with E-state index in [0.29, 0.717) is 5.56 Å². The fraction of sp³-hybridized carbons (Fsp3) is 0.250. The molecule has 0 aliphatic rings. The monoisotopic (exact) mass is 403 g/mol. The standard InChI is InChI=1S/C20H22ClN3O4/c1-11(2)17(22-18(26)14-7-5-4-6-12(14)3)20(28)24-23-19(27)15-10-13(21)8-9-16(15)25/h4-11,17,25H,1-3H3,(H,22,26)(H,23,27)(H,24,28)/t17-/m0/s1. The molecule has 0 aliphatic carbocycles. The van der Waals surface area contributed by atoms with E-state index < -0.39 is 17.9 Å². The molecule has 8 heteroatoms. The van der Waals surface area contributed by atoms with Crippen molar-refractivity contribution < 1.29 is 19.5 Å². The minimum Gasteiger partial charge on any atom is -0.507 e. The summed E-state index contributed by atoms with van der Waals surface area (Å²) in [4.78, 5) is 37.2. The van der Waals surface area contributed by atoms with Gasteiger partial charge in [0, 0.05) is 10.6 Å². The van der Waals surface area contributed by atoms with E-state index in [1.807, 2.05) is 6.07 Å². The summed E-state index contributed by atoms with van der Waals surface area (Å²) in [6, 6.07) is 10.1. The molecule has 0 unspecified atom stereocenters. The Hall–Kier alpha value is -3.06. The van der Waals surface area contributed by atoms with E-state index in [1.165, 1.54) is 18.2 Å². The number of carbonyl (C=O) groups is 3. The first-order valence-electron chi connectivity index (χ1n) is 8.66. The number of amides is 3. The van der Waals surface area contributed by atoms with E-state index in [2.05, 4.69) is 16.2 Å². The highest BCUT2D eigenvalue weighted by molar-refractivity contribution is 6.31. The van der Waals surface area contributed by atoms with Gasteiger partial charge in [-0.25, -0.2) is 0 Å². The van der Waals surface area contributed by atoms with Gasteiger partial charge in [0.2, 0.25) is 0 Å². The van der Waals surface area contributed by atoms with Gasteiger partial charge in [-0.1, -0.05) is 43.6 Å². The molecule has 148 valence electrons. The van der Waals surface area contributed by atoms with Crippen LogP contribution in [0.15, 0.2) is 42.5 Å². The lowest BCUT2D eigenvalue weighted by Gasteiger charge is -2.22. The molecule has 0 spiro atoms. The van der Waals surface area contributed by atoms with Crippen molar-refractivity contribution in [3.05, 3.63) is 64.2 Å². The molecule has 0 saturated carbocycles. The molecule has 0 aromatic heterocycles. The summed E-state index contributed by atoms with van der Waals surface area (Å²) in [5, 5.41) is 12.7. The van der Waals surface area contributed by atoms with Gasteiger partial charge < -0.3 is 10.4 Å². The molecule has 2 aromatic rings. The van der Waals surface area contributed by atoms with Crippen molar-refractivity contribution in [3.8, 4) is 5.75 Å². The Morgan fingerprint density at radius 3 is 2.29 bits per heavy atom. The Morgan fingerprint density at radius 2 is 1.64 bits per heavy atom. The van der Waals surface area contributed by atoms with Crippen LogP contribution in [0.5, 0.6) is 5.75 Å². The lowest BCUT2D eigenvalue weighted by atomic mass is 10.0. The summed E-state index contributed by atoms with van der Waals surface area (Å²) in [7, 11) is 0. The maximum absolute atomic E-state index is 12.5. The van der Waals surface area contributed by atoms with Crippen LogP contribution in [0.1, 0.15) is 40.1 Å². The highest BCUT2D eigenvalue weighted by Crippen LogP contribution is 2.21. The van der Waals surface area contributed by atoms with Gasteiger partial charge in [-0.3, -0.25) is 25.2 Å². The molecule has 0 saturated heterocycles. The second kappa shape index (κ2) is 9.23. The lowest BCUT2D eigenvalue weighted by molar-refractivity contribution is -0.124. The van der Waals surface area contributed by atoms with Crippen LogP contribution in [-0.4, -0.2) is 28.9 Å². The van der Waals surface area contributed by atoms with E-state index in [4.69, 9.17) is 11.6 Å². The second-order valence-electron chi connectivity index (χ2n) is 6.61. The topological polar surface area (TPSA) is 108 Å². The molecule has 4 N–H and O–H groups in total. The molecule has 0 aliphatic heterocycles. The number of hydrogen-bond donors (Lipinski definition) is 4. The summed E-state index contributed by atoms with van der Waals surface area (Å²) < 4.78 is 0. The number of phenolic OH excluding ortho intramolecular Hbond substituents is 1. The third-order valence-corrected chi connectivity index (χ3v) is 4.36. The SMILES string of the molecule is Cc1ccccc1C(=O)N[C@H](C(=O)NNC(=O)c1cc(Cl)ccc1O)C(C)C. The number of aryl methyl sites for hydroxylation is 1. The van der Waals surface area contributed by atoms with Gasteiger partial charge in [0.25, 0.3) is 17.7 Å².